The number of carbonyl (C=O) groups is 1. The van der Waals surface area contributed by atoms with Gasteiger partial charge < -0.3 is 5.11 Å². The maximum absolute atomic E-state index is 11.7. The Morgan fingerprint density at radius 3 is 2.35 bits per heavy atom. The van der Waals surface area contributed by atoms with Crippen molar-refractivity contribution in [3.05, 3.63) is 0 Å². The minimum Gasteiger partial charge on any atom is -0.480 e. The minimum atomic E-state index is -0.613. The van der Waals surface area contributed by atoms with E-state index < -0.39 is 11.5 Å². The number of carboxylic acids is 1. The van der Waals surface area contributed by atoms with Crippen LogP contribution in [0.3, 0.4) is 0 Å². The van der Waals surface area contributed by atoms with Crippen molar-refractivity contribution in [1.29, 1.82) is 0 Å². The summed E-state index contributed by atoms with van der Waals surface area (Å²) < 4.78 is 0. The second kappa shape index (κ2) is 6.39. The Kier molecular flexibility index (Phi) is 5.44. The zero-order valence-electron chi connectivity index (χ0n) is 11.5. The summed E-state index contributed by atoms with van der Waals surface area (Å²) in [6, 6.07) is 0. The molecule has 100 valence electrons. The fraction of sp³-hybridized carbons (Fsp3) is 0.929. The van der Waals surface area contributed by atoms with Gasteiger partial charge in [0.2, 0.25) is 0 Å². The molecule has 1 rings (SSSR count). The molecule has 2 atom stereocenters. The molecule has 0 bridgehead atoms. The van der Waals surface area contributed by atoms with Crippen molar-refractivity contribution >= 4 is 5.97 Å². The van der Waals surface area contributed by atoms with Crippen molar-refractivity contribution in [3.63, 3.8) is 0 Å². The second-order valence-electron chi connectivity index (χ2n) is 5.21. The topological polar surface area (TPSA) is 40.5 Å². The lowest BCUT2D eigenvalue weighted by atomic mass is 9.87. The van der Waals surface area contributed by atoms with E-state index in [1.165, 1.54) is 12.8 Å². The number of likely N-dealkylation sites (N-methyl/N-ethyl adjacent to an activating group) is 1. The van der Waals surface area contributed by atoms with Crippen molar-refractivity contribution in [1.82, 2.24) is 4.90 Å². The summed E-state index contributed by atoms with van der Waals surface area (Å²) in [7, 11) is 0. The number of nitrogens with zero attached hydrogens (tertiary/aromatic N) is 1. The smallest absolute Gasteiger partial charge is 0.324 e. The average Bonchev–Trinajstić information content (AvgIpc) is 2.54. The maximum Gasteiger partial charge on any atom is 0.324 e. The Hall–Kier alpha value is -0.570. The van der Waals surface area contributed by atoms with E-state index in [1.54, 1.807) is 0 Å². The maximum atomic E-state index is 11.7. The van der Waals surface area contributed by atoms with Gasteiger partial charge in [0.25, 0.3) is 0 Å². The molecule has 0 spiro atoms. The summed E-state index contributed by atoms with van der Waals surface area (Å²) >= 11 is 0. The van der Waals surface area contributed by atoms with Crippen LogP contribution in [0.2, 0.25) is 0 Å². The van der Waals surface area contributed by atoms with Gasteiger partial charge in [-0.3, -0.25) is 9.69 Å². The first-order chi connectivity index (χ1) is 8.10. The fourth-order valence-electron chi connectivity index (χ4n) is 3.30. The van der Waals surface area contributed by atoms with E-state index in [0.717, 1.165) is 44.7 Å². The first-order valence-corrected chi connectivity index (χ1v) is 7.09. The van der Waals surface area contributed by atoms with Crippen LogP contribution in [0.25, 0.3) is 0 Å². The molecular formula is C14H27NO2. The average molecular weight is 241 g/mol. The van der Waals surface area contributed by atoms with Crippen molar-refractivity contribution in [3.8, 4) is 0 Å². The van der Waals surface area contributed by atoms with E-state index in [0.29, 0.717) is 0 Å². The molecule has 0 aromatic rings. The molecule has 1 fully saturated rings. The lowest BCUT2D eigenvalue weighted by Gasteiger charge is -2.39. The first kappa shape index (κ1) is 14.5. The van der Waals surface area contributed by atoms with Crippen LogP contribution in [0.5, 0.6) is 0 Å². The molecule has 0 aliphatic heterocycles. The van der Waals surface area contributed by atoms with Gasteiger partial charge in [0.1, 0.15) is 5.54 Å². The highest BCUT2D eigenvalue weighted by Crippen LogP contribution is 2.36. The number of hydrogen-bond acceptors (Lipinski definition) is 2. The largest absolute Gasteiger partial charge is 0.480 e. The zero-order valence-corrected chi connectivity index (χ0v) is 11.5. The predicted molar refractivity (Wildman–Crippen MR) is 70.2 cm³/mol. The van der Waals surface area contributed by atoms with Crippen molar-refractivity contribution in [2.24, 2.45) is 5.92 Å². The van der Waals surface area contributed by atoms with Crippen molar-refractivity contribution in [2.45, 2.75) is 64.8 Å². The van der Waals surface area contributed by atoms with Crippen LogP contribution in [0, 0.1) is 5.92 Å². The van der Waals surface area contributed by atoms with Gasteiger partial charge in [0, 0.05) is 0 Å². The Morgan fingerprint density at radius 1 is 1.24 bits per heavy atom. The van der Waals surface area contributed by atoms with E-state index in [4.69, 9.17) is 0 Å². The molecule has 0 saturated heterocycles. The van der Waals surface area contributed by atoms with E-state index in [-0.39, 0.29) is 0 Å². The molecule has 1 aliphatic carbocycles. The molecule has 0 radical (unpaired) electrons. The molecule has 0 aromatic carbocycles. The van der Waals surface area contributed by atoms with Gasteiger partial charge in [-0.1, -0.05) is 40.0 Å². The van der Waals surface area contributed by atoms with E-state index in [2.05, 4.69) is 25.7 Å². The van der Waals surface area contributed by atoms with Crippen LogP contribution in [0.1, 0.15) is 59.3 Å². The van der Waals surface area contributed by atoms with Gasteiger partial charge in [-0.15, -0.1) is 0 Å². The fourth-order valence-corrected chi connectivity index (χ4v) is 3.30. The molecule has 1 aliphatic rings. The molecule has 0 heterocycles. The third-order valence-electron chi connectivity index (χ3n) is 4.51. The Bertz CT molecular complexity index is 251. The second-order valence-corrected chi connectivity index (χ2v) is 5.21. The molecule has 17 heavy (non-hydrogen) atoms. The summed E-state index contributed by atoms with van der Waals surface area (Å²) in [4.78, 5) is 13.9. The quantitative estimate of drug-likeness (QED) is 0.752. The number of aliphatic carboxylic acids is 1. The van der Waals surface area contributed by atoms with Crippen molar-refractivity contribution in [2.75, 3.05) is 13.1 Å². The monoisotopic (exact) mass is 241 g/mol. The van der Waals surface area contributed by atoms with Gasteiger partial charge in [0.05, 0.1) is 0 Å². The van der Waals surface area contributed by atoms with Gasteiger partial charge in [-0.05, 0) is 38.3 Å². The van der Waals surface area contributed by atoms with Gasteiger partial charge in [0.15, 0.2) is 0 Å². The van der Waals surface area contributed by atoms with Crippen LogP contribution in [-0.4, -0.2) is 34.6 Å². The normalized spacial score (nSPS) is 30.2. The molecule has 0 amide bonds. The summed E-state index contributed by atoms with van der Waals surface area (Å²) in [6.45, 7) is 8.02. The molecular weight excluding hydrogens is 214 g/mol. The van der Waals surface area contributed by atoms with Crippen molar-refractivity contribution < 1.29 is 9.90 Å². The predicted octanol–water partition coefficient (Wildman–Crippen LogP) is 3.14. The summed E-state index contributed by atoms with van der Waals surface area (Å²) in [6.07, 6.45) is 6.16. The highest BCUT2D eigenvalue weighted by atomic mass is 16.4. The Balaban J connectivity index is 2.88. The van der Waals surface area contributed by atoms with Crippen LogP contribution in [0.4, 0.5) is 0 Å². The van der Waals surface area contributed by atoms with E-state index in [1.807, 2.05) is 0 Å². The Morgan fingerprint density at radius 2 is 1.88 bits per heavy atom. The molecule has 3 heteroatoms. The minimum absolute atomic E-state index is 0.590. The third-order valence-corrected chi connectivity index (χ3v) is 4.51. The molecule has 2 unspecified atom stereocenters. The summed E-state index contributed by atoms with van der Waals surface area (Å²) in [5.74, 6) is 0.116. The first-order valence-electron chi connectivity index (χ1n) is 7.09. The zero-order chi connectivity index (χ0) is 12.9. The number of hydrogen-bond donors (Lipinski definition) is 1. The van der Waals surface area contributed by atoms with Gasteiger partial charge >= 0.3 is 5.97 Å². The lowest BCUT2D eigenvalue weighted by Crippen LogP contribution is -2.54. The van der Waals surface area contributed by atoms with Gasteiger partial charge in [-0.25, -0.2) is 0 Å². The SMILES string of the molecule is CCC1CCCC(C(=O)O)(N(CC)CC)CC1. The third kappa shape index (κ3) is 3.01. The van der Waals surface area contributed by atoms with E-state index in [9.17, 15) is 9.90 Å². The number of carboxylic acid groups (broad SMARTS) is 1. The van der Waals surface area contributed by atoms with Crippen LogP contribution >= 0.6 is 0 Å². The summed E-state index contributed by atoms with van der Waals surface area (Å²) in [5, 5.41) is 9.66. The highest BCUT2D eigenvalue weighted by Gasteiger charge is 2.43. The van der Waals surface area contributed by atoms with Crippen LogP contribution < -0.4 is 0 Å². The standard InChI is InChI=1S/C14H27NO2/c1-4-12-8-7-10-14(11-9-12,13(16)17)15(5-2)6-3/h12H,4-11H2,1-3H3,(H,16,17). The molecule has 3 nitrogen and oxygen atoms in total. The molecule has 1 saturated carbocycles. The van der Waals surface area contributed by atoms with E-state index >= 15 is 0 Å². The van der Waals surface area contributed by atoms with Gasteiger partial charge in [-0.2, -0.15) is 0 Å². The summed E-state index contributed by atoms with van der Waals surface area (Å²) in [5.41, 5.74) is -0.590. The van der Waals surface area contributed by atoms with Crippen LogP contribution in [0.15, 0.2) is 0 Å². The van der Waals surface area contributed by atoms with Crippen LogP contribution in [-0.2, 0) is 4.79 Å². The molecule has 0 aromatic heterocycles. The number of rotatable bonds is 5. The highest BCUT2D eigenvalue weighted by molar-refractivity contribution is 5.78. The molecule has 1 N–H and O–H groups in total. The Labute approximate surface area is 105 Å². The lowest BCUT2D eigenvalue weighted by molar-refractivity contribution is -0.152.